The highest BCUT2D eigenvalue weighted by atomic mass is 16.5. The predicted molar refractivity (Wildman–Crippen MR) is 88.7 cm³/mol. The van der Waals surface area contributed by atoms with Gasteiger partial charge in [-0.25, -0.2) is 0 Å². The van der Waals surface area contributed by atoms with Crippen LogP contribution in [0.4, 0.5) is 0 Å². The van der Waals surface area contributed by atoms with Crippen LogP contribution in [-0.2, 0) is 20.7 Å². The van der Waals surface area contributed by atoms with E-state index in [1.165, 1.54) is 12.5 Å². The Hall–Kier alpha value is -1.84. The summed E-state index contributed by atoms with van der Waals surface area (Å²) in [6, 6.07) is 5.54. The highest BCUT2D eigenvalue weighted by Crippen LogP contribution is 2.60. The van der Waals surface area contributed by atoms with E-state index in [1.54, 1.807) is 6.07 Å². The van der Waals surface area contributed by atoms with E-state index in [2.05, 4.69) is 6.92 Å². The third-order valence-electron chi connectivity index (χ3n) is 6.69. The number of rotatable bonds is 1. The SMILES string of the molecule is CC(=O)O[C@@H]1C[C@]2(C)C(=O)CC[C@@H]2[C@@H]2CCc3cc(O)ccc3[C@@H]21. The summed E-state index contributed by atoms with van der Waals surface area (Å²) in [6.45, 7) is 3.52. The van der Waals surface area contributed by atoms with Crippen molar-refractivity contribution in [2.75, 3.05) is 0 Å². The number of fused-ring (bicyclic) bond motifs is 5. The number of carbonyl (C=O) groups excluding carboxylic acids is 2. The van der Waals surface area contributed by atoms with Crippen molar-refractivity contribution in [2.24, 2.45) is 17.3 Å². The van der Waals surface area contributed by atoms with Gasteiger partial charge in [0.1, 0.15) is 17.6 Å². The molecule has 1 aromatic rings. The molecule has 1 N–H and O–H groups in total. The molecule has 2 fully saturated rings. The largest absolute Gasteiger partial charge is 0.508 e. The maximum Gasteiger partial charge on any atom is 0.302 e. The first-order valence-electron chi connectivity index (χ1n) is 8.92. The zero-order chi connectivity index (χ0) is 17.1. The second-order valence-corrected chi connectivity index (χ2v) is 7.95. The standard InChI is InChI=1S/C20H24O4/c1-11(21)24-17-10-20(2)16(7-8-18(20)23)15-5-3-12-9-13(22)4-6-14(12)19(15)17/h4,6,9,15-17,19,22H,3,5,7-8,10H2,1-2H3/t15-,16+,17+,19-,20-/m0/s1. The molecule has 0 unspecified atom stereocenters. The molecule has 4 rings (SSSR count). The molecular weight excluding hydrogens is 304 g/mol. The van der Waals surface area contributed by atoms with Crippen LogP contribution in [0.25, 0.3) is 0 Å². The number of ether oxygens (including phenoxy) is 1. The third-order valence-corrected chi connectivity index (χ3v) is 6.69. The first-order valence-corrected chi connectivity index (χ1v) is 8.92. The van der Waals surface area contributed by atoms with Crippen molar-refractivity contribution in [1.82, 2.24) is 0 Å². The Labute approximate surface area is 142 Å². The molecule has 4 heteroatoms. The van der Waals surface area contributed by atoms with Gasteiger partial charge in [0.05, 0.1) is 0 Å². The molecule has 0 bridgehead atoms. The van der Waals surface area contributed by atoms with Crippen LogP contribution in [0.15, 0.2) is 18.2 Å². The lowest BCUT2D eigenvalue weighted by atomic mass is 9.54. The van der Waals surface area contributed by atoms with Crippen LogP contribution in [0.5, 0.6) is 5.75 Å². The zero-order valence-electron chi connectivity index (χ0n) is 14.2. The van der Waals surface area contributed by atoms with Crippen LogP contribution in [0.2, 0.25) is 0 Å². The van der Waals surface area contributed by atoms with Gasteiger partial charge >= 0.3 is 5.97 Å². The number of hydrogen-bond donors (Lipinski definition) is 1. The number of ketones is 1. The Morgan fingerprint density at radius 3 is 2.83 bits per heavy atom. The van der Waals surface area contributed by atoms with Crippen LogP contribution in [0.3, 0.4) is 0 Å². The molecule has 0 amide bonds. The molecule has 4 nitrogen and oxygen atoms in total. The number of aryl methyl sites for hydroxylation is 1. The van der Waals surface area contributed by atoms with Crippen LogP contribution in [-0.4, -0.2) is 23.0 Å². The van der Waals surface area contributed by atoms with Crippen molar-refractivity contribution < 1.29 is 19.4 Å². The van der Waals surface area contributed by atoms with Gasteiger partial charge in [0, 0.05) is 24.7 Å². The van der Waals surface area contributed by atoms with Crippen LogP contribution in [0.1, 0.15) is 56.6 Å². The fourth-order valence-corrected chi connectivity index (χ4v) is 5.72. The summed E-state index contributed by atoms with van der Waals surface area (Å²) < 4.78 is 5.72. The van der Waals surface area contributed by atoms with Crippen molar-refractivity contribution in [3.63, 3.8) is 0 Å². The lowest BCUT2D eigenvalue weighted by molar-refractivity contribution is -0.158. The lowest BCUT2D eigenvalue weighted by Crippen LogP contribution is -2.50. The lowest BCUT2D eigenvalue weighted by Gasteiger charge is -2.51. The summed E-state index contributed by atoms with van der Waals surface area (Å²) in [6.07, 6.45) is 3.89. The number of esters is 1. The highest BCUT2D eigenvalue weighted by molar-refractivity contribution is 5.87. The fraction of sp³-hybridized carbons (Fsp3) is 0.600. The Morgan fingerprint density at radius 2 is 2.08 bits per heavy atom. The van der Waals surface area contributed by atoms with Gasteiger partial charge in [0.2, 0.25) is 0 Å². The van der Waals surface area contributed by atoms with Gasteiger partial charge in [-0.2, -0.15) is 0 Å². The molecule has 0 radical (unpaired) electrons. The van der Waals surface area contributed by atoms with Gasteiger partial charge < -0.3 is 9.84 Å². The Balaban J connectivity index is 1.79. The van der Waals surface area contributed by atoms with Crippen molar-refractivity contribution in [1.29, 1.82) is 0 Å². The van der Waals surface area contributed by atoms with Gasteiger partial charge in [0.15, 0.2) is 0 Å². The molecular formula is C20H24O4. The highest BCUT2D eigenvalue weighted by Gasteiger charge is 2.58. The molecule has 5 atom stereocenters. The zero-order valence-corrected chi connectivity index (χ0v) is 14.2. The number of carbonyl (C=O) groups is 2. The molecule has 0 aliphatic heterocycles. The average Bonchev–Trinajstić information content (AvgIpc) is 2.81. The smallest absolute Gasteiger partial charge is 0.302 e. The molecule has 0 heterocycles. The first-order chi connectivity index (χ1) is 11.4. The number of benzene rings is 1. The van der Waals surface area contributed by atoms with Crippen LogP contribution < -0.4 is 0 Å². The molecule has 0 aromatic heterocycles. The Morgan fingerprint density at radius 1 is 1.29 bits per heavy atom. The average molecular weight is 328 g/mol. The minimum atomic E-state index is -0.351. The Kier molecular flexibility index (Phi) is 3.48. The first kappa shape index (κ1) is 15.7. The normalized spacial score (nSPS) is 37.3. The molecule has 128 valence electrons. The van der Waals surface area contributed by atoms with Crippen LogP contribution >= 0.6 is 0 Å². The van der Waals surface area contributed by atoms with Gasteiger partial charge in [-0.3, -0.25) is 9.59 Å². The minimum Gasteiger partial charge on any atom is -0.508 e. The van der Waals surface area contributed by atoms with E-state index < -0.39 is 0 Å². The molecule has 0 spiro atoms. The van der Waals surface area contributed by atoms with E-state index in [9.17, 15) is 14.7 Å². The fourth-order valence-electron chi connectivity index (χ4n) is 5.72. The number of phenolic OH excluding ortho intramolecular Hbond substituents is 1. The third kappa shape index (κ3) is 2.19. The topological polar surface area (TPSA) is 63.6 Å². The Bertz CT molecular complexity index is 710. The summed E-state index contributed by atoms with van der Waals surface area (Å²) in [5, 5.41) is 9.79. The summed E-state index contributed by atoms with van der Waals surface area (Å²) in [5.74, 6) is 1.23. The summed E-state index contributed by atoms with van der Waals surface area (Å²) in [7, 11) is 0. The monoisotopic (exact) mass is 328 g/mol. The maximum atomic E-state index is 12.6. The molecule has 3 aliphatic carbocycles. The van der Waals surface area contributed by atoms with Crippen LogP contribution in [0, 0.1) is 17.3 Å². The van der Waals surface area contributed by atoms with Crippen molar-refractivity contribution >= 4 is 11.8 Å². The number of aromatic hydroxyl groups is 1. The second kappa shape index (κ2) is 5.33. The second-order valence-electron chi connectivity index (χ2n) is 7.95. The number of Topliss-reactive ketones (excluding diaryl/α,β-unsaturated/α-hetero) is 1. The molecule has 3 aliphatic rings. The number of phenols is 1. The van der Waals surface area contributed by atoms with Crippen molar-refractivity contribution in [3.8, 4) is 5.75 Å². The number of hydrogen-bond acceptors (Lipinski definition) is 4. The summed E-state index contributed by atoms with van der Waals surface area (Å²) >= 11 is 0. The van der Waals surface area contributed by atoms with E-state index in [1.807, 2.05) is 12.1 Å². The van der Waals surface area contributed by atoms with Gasteiger partial charge in [-0.05, 0) is 60.8 Å². The van der Waals surface area contributed by atoms with Crippen molar-refractivity contribution in [3.05, 3.63) is 29.3 Å². The molecule has 1 aromatic carbocycles. The quantitative estimate of drug-likeness (QED) is 0.803. The van der Waals surface area contributed by atoms with E-state index in [-0.39, 0.29) is 29.2 Å². The molecule has 24 heavy (non-hydrogen) atoms. The molecule has 0 saturated heterocycles. The van der Waals surface area contributed by atoms with E-state index in [4.69, 9.17) is 4.74 Å². The van der Waals surface area contributed by atoms with Gasteiger partial charge in [-0.1, -0.05) is 13.0 Å². The van der Waals surface area contributed by atoms with Crippen molar-refractivity contribution in [2.45, 2.75) is 58.0 Å². The van der Waals surface area contributed by atoms with E-state index in [0.717, 1.165) is 24.8 Å². The van der Waals surface area contributed by atoms with Gasteiger partial charge in [-0.15, -0.1) is 0 Å². The predicted octanol–water partition coefficient (Wildman–Crippen LogP) is 3.36. The van der Waals surface area contributed by atoms with E-state index in [0.29, 0.717) is 30.5 Å². The van der Waals surface area contributed by atoms with E-state index >= 15 is 0 Å². The minimum absolute atomic E-state index is 0.141. The summed E-state index contributed by atoms with van der Waals surface area (Å²) in [4.78, 5) is 24.2. The summed E-state index contributed by atoms with van der Waals surface area (Å²) in [5.41, 5.74) is 1.99. The maximum absolute atomic E-state index is 12.6. The van der Waals surface area contributed by atoms with Gasteiger partial charge in [0.25, 0.3) is 0 Å². The molecule has 2 saturated carbocycles.